The number of oxime groups is 1. The minimum Gasteiger partial charge on any atom is -0.495 e. The quantitative estimate of drug-likeness (QED) is 0.172. The number of hydrogen-bond acceptors (Lipinski definition) is 7. The van der Waals surface area contributed by atoms with E-state index >= 15 is 0 Å². The second-order valence-corrected chi connectivity index (χ2v) is 10.5. The van der Waals surface area contributed by atoms with Crippen molar-refractivity contribution in [3.8, 4) is 17.2 Å². The van der Waals surface area contributed by atoms with E-state index in [2.05, 4.69) is 33.8 Å². The molecule has 9 nitrogen and oxygen atoms in total. The van der Waals surface area contributed by atoms with Crippen LogP contribution in [0.2, 0.25) is 0 Å². The molecular weight excluding hydrogens is 597 g/mol. The number of amidine groups is 1. The van der Waals surface area contributed by atoms with Gasteiger partial charge < -0.3 is 28.7 Å². The monoisotopic (exact) mass is 643 g/mol. The van der Waals surface area contributed by atoms with E-state index in [1.165, 1.54) is 17.1 Å². The van der Waals surface area contributed by atoms with Crippen LogP contribution in [0.25, 0.3) is 11.8 Å². The number of likely N-dealkylation sites (N-methyl/N-ethyl adjacent to an activating group) is 1. The molecule has 1 atom stereocenters. The summed E-state index contributed by atoms with van der Waals surface area (Å²) in [7, 11) is 3.36. The minimum atomic E-state index is -0.439. The Balaban J connectivity index is 0.000000474. The van der Waals surface area contributed by atoms with Gasteiger partial charge in [0.05, 0.1) is 31.4 Å². The lowest BCUT2D eigenvalue weighted by Crippen LogP contribution is -2.47. The summed E-state index contributed by atoms with van der Waals surface area (Å²) < 4.78 is 25.4. The normalized spacial score (nSPS) is 16.2. The van der Waals surface area contributed by atoms with Crippen molar-refractivity contribution in [1.29, 1.82) is 0 Å². The number of carbonyl (C=O) groups excluding carboxylic acids is 1. The fourth-order valence-corrected chi connectivity index (χ4v) is 4.82. The summed E-state index contributed by atoms with van der Waals surface area (Å²) in [4.78, 5) is 26.2. The van der Waals surface area contributed by atoms with Crippen molar-refractivity contribution in [1.82, 2.24) is 19.4 Å². The second-order valence-electron chi connectivity index (χ2n) is 10.5. The van der Waals surface area contributed by atoms with E-state index in [9.17, 15) is 9.18 Å². The van der Waals surface area contributed by atoms with Crippen LogP contribution in [0.3, 0.4) is 0 Å². The zero-order valence-corrected chi connectivity index (χ0v) is 28.2. The highest BCUT2D eigenvalue weighted by Gasteiger charge is 2.36. The molecule has 47 heavy (non-hydrogen) atoms. The molecule has 0 spiro atoms. The number of benzene rings is 2. The summed E-state index contributed by atoms with van der Waals surface area (Å²) in [5.41, 5.74) is 3.97. The minimum absolute atomic E-state index is 0.150. The summed E-state index contributed by atoms with van der Waals surface area (Å²) in [6.45, 7) is 12.3. The lowest BCUT2D eigenvalue weighted by atomic mass is 10.00. The first kappa shape index (κ1) is 36.3. The SMILES string of the molecule is C=C/C=C(/F)C/C=C\C.CC.COc1cc(/C=C2\CCCN3C2=NO[C@H]3CN(C)C(=O)Oc2ccccc2)ccc1-n1cnc(C)c1. The van der Waals surface area contributed by atoms with Crippen LogP contribution in [0.1, 0.15) is 51.3 Å². The molecule has 0 saturated carbocycles. The molecule has 1 aromatic heterocycles. The van der Waals surface area contributed by atoms with Crippen LogP contribution in [0, 0.1) is 6.92 Å². The predicted molar refractivity (Wildman–Crippen MR) is 186 cm³/mol. The first-order valence-corrected chi connectivity index (χ1v) is 15.8. The number of aromatic nitrogens is 2. The molecule has 10 heteroatoms. The molecule has 5 rings (SSSR count). The van der Waals surface area contributed by atoms with Crippen molar-refractivity contribution < 1.29 is 23.5 Å². The molecule has 2 aliphatic rings. The molecule has 0 unspecified atom stereocenters. The molecule has 1 fully saturated rings. The highest BCUT2D eigenvalue weighted by Crippen LogP contribution is 2.30. The summed E-state index contributed by atoms with van der Waals surface area (Å²) in [6.07, 6.45) is 13.7. The van der Waals surface area contributed by atoms with E-state index < -0.39 is 6.09 Å². The Labute approximate surface area is 277 Å². The highest BCUT2D eigenvalue weighted by molar-refractivity contribution is 6.03. The van der Waals surface area contributed by atoms with Gasteiger partial charge in [-0.05, 0) is 74.2 Å². The third-order valence-corrected chi connectivity index (χ3v) is 7.08. The van der Waals surface area contributed by atoms with Crippen LogP contribution in [0.4, 0.5) is 9.18 Å². The lowest BCUT2D eigenvalue weighted by Gasteiger charge is -2.31. The summed E-state index contributed by atoms with van der Waals surface area (Å²) >= 11 is 0. The maximum Gasteiger partial charge on any atom is 0.415 e. The number of para-hydroxylation sites is 1. The molecule has 2 aliphatic heterocycles. The maximum atomic E-state index is 12.5. The van der Waals surface area contributed by atoms with Crippen molar-refractivity contribution in [3.63, 3.8) is 0 Å². The molecular formula is C37H46FN5O4. The Morgan fingerprint density at radius 2 is 1.98 bits per heavy atom. The largest absolute Gasteiger partial charge is 0.495 e. The average Bonchev–Trinajstić information content (AvgIpc) is 3.72. The van der Waals surface area contributed by atoms with E-state index in [1.54, 1.807) is 38.7 Å². The molecule has 250 valence electrons. The number of piperidine rings is 1. The van der Waals surface area contributed by atoms with Crippen molar-refractivity contribution in [2.75, 3.05) is 27.2 Å². The summed E-state index contributed by atoms with van der Waals surface area (Å²) in [5.74, 6) is 1.93. The number of hydrogen-bond donors (Lipinski definition) is 0. The Bertz CT molecular complexity index is 1580. The van der Waals surface area contributed by atoms with Crippen molar-refractivity contribution >= 4 is 18.0 Å². The first-order chi connectivity index (χ1) is 22.8. The Morgan fingerprint density at radius 1 is 1.21 bits per heavy atom. The van der Waals surface area contributed by atoms with E-state index in [0.717, 1.165) is 53.5 Å². The fraction of sp³-hybridized carbons (Fsp3) is 0.324. The van der Waals surface area contributed by atoms with Crippen LogP contribution in [-0.2, 0) is 4.84 Å². The fourth-order valence-electron chi connectivity index (χ4n) is 4.82. The van der Waals surface area contributed by atoms with E-state index in [4.69, 9.17) is 14.3 Å². The van der Waals surface area contributed by atoms with Gasteiger partial charge >= 0.3 is 6.09 Å². The van der Waals surface area contributed by atoms with E-state index in [-0.39, 0.29) is 12.1 Å². The van der Waals surface area contributed by atoms with Gasteiger partial charge in [0.2, 0.25) is 6.23 Å². The molecule has 3 aromatic rings. The highest BCUT2D eigenvalue weighted by atomic mass is 19.1. The van der Waals surface area contributed by atoms with Gasteiger partial charge in [-0.3, -0.25) is 0 Å². The van der Waals surface area contributed by atoms with Crippen LogP contribution >= 0.6 is 0 Å². The number of ether oxygens (including phenoxy) is 2. The molecule has 1 amide bonds. The number of imidazole rings is 1. The van der Waals surface area contributed by atoms with Gasteiger partial charge in [0.25, 0.3) is 0 Å². The van der Waals surface area contributed by atoms with Crippen molar-refractivity contribution in [2.45, 2.75) is 53.2 Å². The zero-order chi connectivity index (χ0) is 34.2. The Kier molecular flexibility index (Phi) is 14.5. The van der Waals surface area contributed by atoms with Crippen molar-refractivity contribution in [2.24, 2.45) is 5.16 Å². The van der Waals surface area contributed by atoms with E-state index in [0.29, 0.717) is 18.7 Å². The van der Waals surface area contributed by atoms with Crippen LogP contribution in [-0.4, -0.2) is 64.8 Å². The summed E-state index contributed by atoms with van der Waals surface area (Å²) in [6, 6.07) is 15.1. The number of halogens is 1. The molecule has 0 aliphatic carbocycles. The molecule has 3 heterocycles. The topological polar surface area (TPSA) is 81.4 Å². The Hall–Kier alpha value is -5.12. The Morgan fingerprint density at radius 3 is 2.64 bits per heavy atom. The summed E-state index contributed by atoms with van der Waals surface area (Å²) in [5, 5.41) is 4.38. The van der Waals surface area contributed by atoms with Gasteiger partial charge in [-0.25, -0.2) is 14.2 Å². The molecule has 0 N–H and O–H groups in total. The van der Waals surface area contributed by atoms with Crippen LogP contribution in [0.15, 0.2) is 108 Å². The lowest BCUT2D eigenvalue weighted by molar-refractivity contribution is -0.00737. The third kappa shape index (κ3) is 10.5. The van der Waals surface area contributed by atoms with Gasteiger partial charge in [0.15, 0.2) is 5.84 Å². The van der Waals surface area contributed by atoms with Crippen molar-refractivity contribution in [3.05, 3.63) is 115 Å². The number of aryl methyl sites for hydroxylation is 1. The van der Waals surface area contributed by atoms with Crippen LogP contribution in [0.5, 0.6) is 11.5 Å². The number of rotatable bonds is 9. The number of nitrogens with zero attached hydrogens (tertiary/aromatic N) is 5. The predicted octanol–water partition coefficient (Wildman–Crippen LogP) is 8.49. The van der Waals surface area contributed by atoms with E-state index in [1.807, 2.05) is 74.9 Å². The van der Waals surface area contributed by atoms with Gasteiger partial charge in [-0.2, -0.15) is 0 Å². The molecule has 0 radical (unpaired) electrons. The average molecular weight is 644 g/mol. The number of amides is 1. The van der Waals surface area contributed by atoms with Gasteiger partial charge in [-0.1, -0.05) is 68.1 Å². The number of carbonyl (C=O) groups is 1. The van der Waals surface area contributed by atoms with Crippen LogP contribution < -0.4 is 9.47 Å². The second kappa shape index (κ2) is 18.8. The maximum absolute atomic E-state index is 12.5. The molecule has 0 bridgehead atoms. The standard InChI is InChI=1S/C27H29N5O4.C8H11F.C2H6/c1-19-16-31(18-28-19)23-12-11-20(15-24(23)34-3)14-21-8-7-13-32-25(36-29-26(21)32)17-30(2)27(33)35-22-9-5-4-6-10-22;1-3-5-7-8(9)6-4-2;1-2/h4-6,9-12,14-16,18,25H,7-8,13,17H2,1-3H3;3-6H,2,7H2,1H3;1-2H3/b21-14+;5-3-,8-6+;/t25-;;/m0../s1. The van der Waals surface area contributed by atoms with Gasteiger partial charge in [0.1, 0.15) is 17.3 Å². The third-order valence-electron chi connectivity index (χ3n) is 7.08. The number of fused-ring (bicyclic) bond motifs is 1. The van der Waals surface area contributed by atoms with Gasteiger partial charge in [-0.15, -0.1) is 0 Å². The van der Waals surface area contributed by atoms with Gasteiger partial charge in [0, 0.05) is 26.2 Å². The number of allylic oxidation sites excluding steroid dienone is 5. The molecule has 2 aromatic carbocycles. The zero-order valence-electron chi connectivity index (χ0n) is 28.2. The molecule has 1 saturated heterocycles. The number of methoxy groups -OCH3 is 1. The first-order valence-electron chi connectivity index (χ1n) is 15.8. The smallest absolute Gasteiger partial charge is 0.415 e.